The van der Waals surface area contributed by atoms with Gasteiger partial charge in [0.05, 0.1) is 0 Å². The zero-order valence-corrected chi connectivity index (χ0v) is 9.71. The highest BCUT2D eigenvalue weighted by Gasteiger charge is 2.21. The smallest absolute Gasteiger partial charge is 0.0408 e. The Labute approximate surface area is 96.6 Å². The van der Waals surface area contributed by atoms with Crippen LogP contribution in [0.15, 0.2) is 24.3 Å². The molecule has 0 spiro atoms. The average Bonchev–Trinajstić information content (AvgIpc) is 2.43. The molecule has 0 aliphatic heterocycles. The van der Waals surface area contributed by atoms with Crippen LogP contribution < -0.4 is 5.73 Å². The molecule has 0 saturated heterocycles. The number of rotatable bonds is 1. The van der Waals surface area contributed by atoms with Crippen LogP contribution in [-0.2, 0) is 0 Å². The predicted molar refractivity (Wildman–Crippen MR) is 65.3 cm³/mol. The van der Waals surface area contributed by atoms with E-state index in [-0.39, 0.29) is 0 Å². The van der Waals surface area contributed by atoms with E-state index in [2.05, 4.69) is 12.1 Å². The van der Waals surface area contributed by atoms with Gasteiger partial charge in [0.25, 0.3) is 0 Å². The molecule has 15 heavy (non-hydrogen) atoms. The molecular weight excluding hydrogens is 206 g/mol. The standard InChI is InChI=1S/C13H18ClN/c14-11-6-4-5-10(9-11)12-7-2-1-3-8-13(12)15/h4-6,9,12-13H,1-3,7-8,15H2. The van der Waals surface area contributed by atoms with E-state index in [1.807, 2.05) is 12.1 Å². The molecule has 2 N–H and O–H groups in total. The van der Waals surface area contributed by atoms with Crippen molar-refractivity contribution in [3.8, 4) is 0 Å². The fourth-order valence-corrected chi connectivity index (χ4v) is 2.69. The Kier molecular flexibility index (Phi) is 3.66. The zero-order chi connectivity index (χ0) is 10.7. The minimum absolute atomic E-state index is 0.311. The van der Waals surface area contributed by atoms with Crippen LogP contribution in [0.2, 0.25) is 5.02 Å². The third-order valence-electron chi connectivity index (χ3n) is 3.35. The molecular formula is C13H18ClN. The highest BCUT2D eigenvalue weighted by Crippen LogP contribution is 2.31. The highest BCUT2D eigenvalue weighted by atomic mass is 35.5. The van der Waals surface area contributed by atoms with Gasteiger partial charge in [-0.3, -0.25) is 0 Å². The third-order valence-corrected chi connectivity index (χ3v) is 3.58. The molecule has 1 aromatic carbocycles. The van der Waals surface area contributed by atoms with Crippen molar-refractivity contribution in [2.75, 3.05) is 0 Å². The van der Waals surface area contributed by atoms with Gasteiger partial charge in [-0.25, -0.2) is 0 Å². The molecule has 1 aliphatic carbocycles. The maximum atomic E-state index is 6.22. The molecule has 0 heterocycles. The fraction of sp³-hybridized carbons (Fsp3) is 0.538. The van der Waals surface area contributed by atoms with Crippen molar-refractivity contribution in [2.45, 2.75) is 44.1 Å². The van der Waals surface area contributed by atoms with Crippen LogP contribution in [-0.4, -0.2) is 6.04 Å². The van der Waals surface area contributed by atoms with Crippen LogP contribution in [0, 0.1) is 0 Å². The first-order valence-electron chi connectivity index (χ1n) is 5.78. The van der Waals surface area contributed by atoms with E-state index in [4.69, 9.17) is 17.3 Å². The van der Waals surface area contributed by atoms with E-state index in [0.29, 0.717) is 12.0 Å². The summed E-state index contributed by atoms with van der Waals surface area (Å²) in [6.07, 6.45) is 6.26. The number of halogens is 1. The maximum absolute atomic E-state index is 6.22. The van der Waals surface area contributed by atoms with Gasteiger partial charge in [0.2, 0.25) is 0 Å². The predicted octanol–water partition coefficient (Wildman–Crippen LogP) is 3.72. The second-order valence-electron chi connectivity index (χ2n) is 4.46. The molecule has 2 atom stereocenters. The van der Waals surface area contributed by atoms with Crippen LogP contribution >= 0.6 is 11.6 Å². The summed E-state index contributed by atoms with van der Waals surface area (Å²) in [6, 6.07) is 8.48. The molecule has 82 valence electrons. The van der Waals surface area contributed by atoms with Crippen LogP contribution in [0.25, 0.3) is 0 Å². The molecule has 0 aromatic heterocycles. The van der Waals surface area contributed by atoms with Gasteiger partial charge >= 0.3 is 0 Å². The van der Waals surface area contributed by atoms with Gasteiger partial charge in [-0.15, -0.1) is 0 Å². The minimum atomic E-state index is 0.311. The van der Waals surface area contributed by atoms with Crippen LogP contribution in [0.5, 0.6) is 0 Å². The lowest BCUT2D eigenvalue weighted by Crippen LogP contribution is -2.27. The van der Waals surface area contributed by atoms with E-state index < -0.39 is 0 Å². The molecule has 0 bridgehead atoms. The molecule has 1 fully saturated rings. The van der Waals surface area contributed by atoms with Crippen molar-refractivity contribution < 1.29 is 0 Å². The molecule has 2 rings (SSSR count). The second kappa shape index (κ2) is 5.00. The molecule has 2 unspecified atom stereocenters. The number of benzene rings is 1. The van der Waals surface area contributed by atoms with E-state index in [9.17, 15) is 0 Å². The summed E-state index contributed by atoms with van der Waals surface area (Å²) in [6.45, 7) is 0. The molecule has 1 saturated carbocycles. The largest absolute Gasteiger partial charge is 0.327 e. The Morgan fingerprint density at radius 1 is 1.13 bits per heavy atom. The fourth-order valence-electron chi connectivity index (χ4n) is 2.49. The molecule has 2 heteroatoms. The van der Waals surface area contributed by atoms with Crippen molar-refractivity contribution in [1.29, 1.82) is 0 Å². The quantitative estimate of drug-likeness (QED) is 0.722. The summed E-state index contributed by atoms with van der Waals surface area (Å²) in [5.74, 6) is 0.506. The van der Waals surface area contributed by atoms with E-state index in [1.165, 1.54) is 31.2 Å². The van der Waals surface area contributed by atoms with Crippen molar-refractivity contribution in [1.82, 2.24) is 0 Å². The summed E-state index contributed by atoms with van der Waals surface area (Å²) in [5.41, 5.74) is 7.53. The van der Waals surface area contributed by atoms with Crippen molar-refractivity contribution in [2.24, 2.45) is 5.73 Å². The second-order valence-corrected chi connectivity index (χ2v) is 4.90. The van der Waals surface area contributed by atoms with Crippen molar-refractivity contribution in [3.63, 3.8) is 0 Å². The first kappa shape index (κ1) is 11.0. The molecule has 0 radical (unpaired) electrons. The van der Waals surface area contributed by atoms with Gasteiger partial charge in [0.1, 0.15) is 0 Å². The van der Waals surface area contributed by atoms with Crippen molar-refractivity contribution in [3.05, 3.63) is 34.9 Å². The van der Waals surface area contributed by atoms with Crippen LogP contribution in [0.3, 0.4) is 0 Å². The number of hydrogen-bond acceptors (Lipinski definition) is 1. The molecule has 0 amide bonds. The van der Waals surface area contributed by atoms with Crippen molar-refractivity contribution >= 4 is 11.6 Å². The maximum Gasteiger partial charge on any atom is 0.0408 e. The summed E-state index contributed by atoms with van der Waals surface area (Å²) < 4.78 is 0. The highest BCUT2D eigenvalue weighted by molar-refractivity contribution is 6.30. The number of nitrogens with two attached hydrogens (primary N) is 1. The summed E-state index contributed by atoms with van der Waals surface area (Å²) in [7, 11) is 0. The van der Waals surface area contributed by atoms with Gasteiger partial charge < -0.3 is 5.73 Å². The summed E-state index contributed by atoms with van der Waals surface area (Å²) in [5, 5.41) is 0.823. The topological polar surface area (TPSA) is 26.0 Å². The lowest BCUT2D eigenvalue weighted by atomic mass is 9.88. The Morgan fingerprint density at radius 3 is 2.73 bits per heavy atom. The van der Waals surface area contributed by atoms with Gasteiger partial charge in [-0.1, -0.05) is 43.0 Å². The van der Waals surface area contributed by atoms with Gasteiger partial charge in [-0.2, -0.15) is 0 Å². The van der Waals surface area contributed by atoms with Crippen LogP contribution in [0.1, 0.15) is 43.6 Å². The third kappa shape index (κ3) is 2.73. The molecule has 1 aromatic rings. The SMILES string of the molecule is NC1CCCCCC1c1cccc(Cl)c1. The molecule has 1 aliphatic rings. The summed E-state index contributed by atoms with van der Waals surface area (Å²) >= 11 is 6.01. The normalized spacial score (nSPS) is 27.3. The first-order valence-corrected chi connectivity index (χ1v) is 6.16. The Bertz CT molecular complexity index is 324. The van der Waals surface area contributed by atoms with Gasteiger partial charge in [0.15, 0.2) is 0 Å². The average molecular weight is 224 g/mol. The monoisotopic (exact) mass is 223 g/mol. The Balaban J connectivity index is 2.20. The Hall–Kier alpha value is -0.530. The first-order chi connectivity index (χ1) is 7.27. The minimum Gasteiger partial charge on any atom is -0.327 e. The summed E-state index contributed by atoms with van der Waals surface area (Å²) in [4.78, 5) is 0. The van der Waals surface area contributed by atoms with Gasteiger partial charge in [0, 0.05) is 11.1 Å². The van der Waals surface area contributed by atoms with Gasteiger partial charge in [-0.05, 0) is 36.5 Å². The lowest BCUT2D eigenvalue weighted by Gasteiger charge is -2.21. The lowest BCUT2D eigenvalue weighted by molar-refractivity contribution is 0.505. The molecule has 1 nitrogen and oxygen atoms in total. The number of hydrogen-bond donors (Lipinski definition) is 1. The van der Waals surface area contributed by atoms with Crippen LogP contribution in [0.4, 0.5) is 0 Å². The van der Waals surface area contributed by atoms with E-state index in [1.54, 1.807) is 0 Å². The van der Waals surface area contributed by atoms with E-state index >= 15 is 0 Å². The Morgan fingerprint density at radius 2 is 1.93 bits per heavy atom. The zero-order valence-electron chi connectivity index (χ0n) is 8.95. The van der Waals surface area contributed by atoms with E-state index in [0.717, 1.165) is 11.4 Å².